The molecule has 2 aromatic carbocycles. The lowest BCUT2D eigenvalue weighted by atomic mass is 9.85. The average Bonchev–Trinajstić information content (AvgIpc) is 3.97. The molecule has 0 aliphatic carbocycles. The Bertz CT molecular complexity index is 2650. The minimum atomic E-state index is -0.877. The molecule has 398 valence electrons. The van der Waals surface area contributed by atoms with E-state index in [-0.39, 0.29) is 111 Å². The summed E-state index contributed by atoms with van der Waals surface area (Å²) in [7, 11) is 3.26. The van der Waals surface area contributed by atoms with Gasteiger partial charge in [0.05, 0.1) is 57.3 Å². The van der Waals surface area contributed by atoms with Crippen molar-refractivity contribution in [2.24, 2.45) is 5.41 Å². The number of rotatable bonds is 21. The van der Waals surface area contributed by atoms with Crippen LogP contribution >= 0.6 is 0 Å². The number of halogens is 1. The van der Waals surface area contributed by atoms with Crippen molar-refractivity contribution >= 4 is 35.4 Å². The van der Waals surface area contributed by atoms with Crippen molar-refractivity contribution in [1.82, 2.24) is 51.1 Å². The van der Waals surface area contributed by atoms with Crippen LogP contribution in [-0.2, 0) is 41.7 Å². The Morgan fingerprint density at radius 1 is 1.03 bits per heavy atom. The van der Waals surface area contributed by atoms with Crippen LogP contribution in [0.1, 0.15) is 106 Å². The predicted molar refractivity (Wildman–Crippen MR) is 275 cm³/mol. The number of ether oxygens (including phenoxy) is 3. The molecule has 6 rings (SSSR count). The first-order valence-electron chi connectivity index (χ1n) is 25.1. The fourth-order valence-corrected chi connectivity index (χ4v) is 8.98. The van der Waals surface area contributed by atoms with Crippen LogP contribution in [0.3, 0.4) is 0 Å². The van der Waals surface area contributed by atoms with Crippen LogP contribution in [-0.4, -0.2) is 138 Å². The number of pyridine rings is 1. The molecular formula is C53H71FN12O8. The number of nitriles is 1. The Morgan fingerprint density at radius 2 is 1.76 bits per heavy atom. The zero-order valence-electron chi connectivity index (χ0n) is 43.6. The van der Waals surface area contributed by atoms with Crippen LogP contribution in [0.4, 0.5) is 10.2 Å². The Morgan fingerprint density at radius 3 is 2.45 bits per heavy atom. The summed E-state index contributed by atoms with van der Waals surface area (Å²) in [5, 5.41) is 30.4. The van der Waals surface area contributed by atoms with Gasteiger partial charge in [-0.2, -0.15) is 10.4 Å². The van der Waals surface area contributed by atoms with E-state index >= 15 is 0 Å². The molecule has 0 radical (unpaired) electrons. The van der Waals surface area contributed by atoms with E-state index in [0.29, 0.717) is 48.4 Å². The van der Waals surface area contributed by atoms with Crippen molar-refractivity contribution in [2.75, 3.05) is 65.9 Å². The van der Waals surface area contributed by atoms with E-state index in [4.69, 9.17) is 25.0 Å². The van der Waals surface area contributed by atoms with Gasteiger partial charge in [0.1, 0.15) is 35.8 Å². The molecule has 1 fully saturated rings. The summed E-state index contributed by atoms with van der Waals surface area (Å²) >= 11 is 0. The van der Waals surface area contributed by atoms with Crippen molar-refractivity contribution < 1.29 is 42.6 Å². The minimum absolute atomic E-state index is 0.00135. The average molecular weight is 1020 g/mol. The van der Waals surface area contributed by atoms with E-state index < -0.39 is 41.4 Å². The van der Waals surface area contributed by atoms with Gasteiger partial charge in [0.15, 0.2) is 11.6 Å². The lowest BCUT2D eigenvalue weighted by molar-refractivity contribution is -0.144. The van der Waals surface area contributed by atoms with Gasteiger partial charge in [-0.15, -0.1) is 0 Å². The summed E-state index contributed by atoms with van der Waals surface area (Å²) in [6, 6.07) is 14.8. The Balaban J connectivity index is 0.969. The highest BCUT2D eigenvalue weighted by Gasteiger charge is 2.45. The summed E-state index contributed by atoms with van der Waals surface area (Å²) in [5.74, 6) is -1.85. The smallest absolute Gasteiger partial charge is 0.254 e. The monoisotopic (exact) mass is 1020 g/mol. The first kappa shape index (κ1) is 56.3. The molecule has 5 amide bonds. The molecule has 4 heterocycles. The minimum Gasteiger partial charge on any atom is -0.482 e. The molecule has 2 aliphatic rings. The van der Waals surface area contributed by atoms with Gasteiger partial charge in [-0.25, -0.2) is 9.37 Å². The maximum Gasteiger partial charge on any atom is 0.254 e. The fraction of sp³-hybridized carbons (Fsp3) is 0.509. The molecule has 2 aromatic heterocycles. The number of likely N-dealkylation sites (N-methyl/N-ethyl adjacent to an activating group) is 1. The fourth-order valence-electron chi connectivity index (χ4n) is 8.98. The highest BCUT2D eigenvalue weighted by atomic mass is 19.1. The third-order valence-corrected chi connectivity index (χ3v) is 13.2. The lowest BCUT2D eigenvalue weighted by Crippen LogP contribution is -2.59. The van der Waals surface area contributed by atoms with E-state index in [1.165, 1.54) is 34.0 Å². The SMILES string of the molecule is CC[C@@H](NC(=O)[C@@H]1C[C@H](NCCOCCOCCC(=O)NCCn2nc3c(c2C#N)-c2cnc(N)c(c2)O[C@H](C)c2cc(F)ccc2C(=O)N(C)C3)CN1C(=O)[C@@H](NC(=O)[C@H](C)NC)C(C)(C)C)c1ccccc1. The van der Waals surface area contributed by atoms with Gasteiger partial charge in [-0.05, 0) is 69.0 Å². The van der Waals surface area contributed by atoms with Gasteiger partial charge in [-0.3, -0.25) is 28.7 Å². The molecule has 74 heavy (non-hydrogen) atoms. The van der Waals surface area contributed by atoms with Crippen molar-refractivity contribution in [3.8, 4) is 22.9 Å². The van der Waals surface area contributed by atoms with E-state index in [9.17, 15) is 33.6 Å². The highest BCUT2D eigenvalue weighted by Crippen LogP contribution is 2.36. The second kappa shape index (κ2) is 25.8. The van der Waals surface area contributed by atoms with Crippen LogP contribution < -0.4 is 37.1 Å². The Labute approximate surface area is 432 Å². The highest BCUT2D eigenvalue weighted by molar-refractivity contribution is 5.96. The van der Waals surface area contributed by atoms with E-state index in [0.717, 1.165) is 5.56 Å². The standard InChI is InChI=1S/C53H71FN12O8/c1-9-40(34-13-11-10-12-14-34)61-50(69)42-27-37(30-65(42)52(71)47(53(4,5)6)62-49(68)32(2)57-7)58-19-22-73-24-23-72-21-17-45(67)59-18-20-66-43(28-55)46-35-25-44(48(56)60-29-35)74-33(3)39-26-36(54)15-16-38(39)51(70)64(8)31-41(46)63-66/h10-16,25-26,29,32-33,37,40,42,47,57-58H,9,17-24,27,30-31H2,1-8H3,(H2,56,60)(H,59,67)(H,61,69)(H,62,68)/t32-,33+,37-,40+,42-,47+/m0/s1. The van der Waals surface area contributed by atoms with Crippen LogP contribution in [0.2, 0.25) is 0 Å². The lowest BCUT2D eigenvalue weighted by Gasteiger charge is -2.36. The number of nitrogens with one attached hydrogen (secondary N) is 5. The maximum atomic E-state index is 14.4. The van der Waals surface area contributed by atoms with Gasteiger partial charge in [-0.1, -0.05) is 58.0 Å². The third-order valence-electron chi connectivity index (χ3n) is 13.2. The summed E-state index contributed by atoms with van der Waals surface area (Å²) in [5.41, 5.74) is 8.56. The number of likely N-dealkylation sites (tertiary alicyclic amines) is 1. The third kappa shape index (κ3) is 14.2. The van der Waals surface area contributed by atoms with Gasteiger partial charge in [0.2, 0.25) is 23.6 Å². The van der Waals surface area contributed by atoms with Crippen molar-refractivity contribution in [3.05, 3.63) is 94.7 Å². The van der Waals surface area contributed by atoms with E-state index in [1.807, 2.05) is 58.0 Å². The van der Waals surface area contributed by atoms with Gasteiger partial charge in [0.25, 0.3) is 5.91 Å². The zero-order chi connectivity index (χ0) is 53.7. The summed E-state index contributed by atoms with van der Waals surface area (Å²) in [4.78, 5) is 75.3. The number of amides is 5. The van der Waals surface area contributed by atoms with E-state index in [2.05, 4.69) is 37.6 Å². The molecule has 7 N–H and O–H groups in total. The maximum absolute atomic E-state index is 14.4. The quantitative estimate of drug-likeness (QED) is 0.0650. The Hall–Kier alpha value is -6.99. The molecule has 0 saturated carbocycles. The van der Waals surface area contributed by atoms with Crippen LogP contribution in [0.5, 0.6) is 5.75 Å². The number of aromatic nitrogens is 3. The molecule has 2 aliphatic heterocycles. The predicted octanol–water partition coefficient (Wildman–Crippen LogP) is 3.77. The molecule has 6 atom stereocenters. The van der Waals surface area contributed by atoms with Crippen LogP contribution in [0.15, 0.2) is 60.8 Å². The summed E-state index contributed by atoms with van der Waals surface area (Å²) < 4.78 is 33.5. The number of carbonyl (C=O) groups is 5. The van der Waals surface area contributed by atoms with Crippen LogP contribution in [0, 0.1) is 22.6 Å². The van der Waals surface area contributed by atoms with Gasteiger partial charge >= 0.3 is 0 Å². The Kier molecular flexibility index (Phi) is 19.6. The molecule has 4 aromatic rings. The summed E-state index contributed by atoms with van der Waals surface area (Å²) in [6.07, 6.45) is 1.82. The van der Waals surface area contributed by atoms with E-state index in [1.54, 1.807) is 38.9 Å². The molecule has 0 unspecified atom stereocenters. The number of benzene rings is 2. The number of hydrogen-bond donors (Lipinski definition) is 6. The van der Waals surface area contributed by atoms with Gasteiger partial charge in [0, 0.05) is 67.6 Å². The number of carbonyl (C=O) groups excluding carboxylic acids is 5. The van der Waals surface area contributed by atoms with Gasteiger partial charge < -0.3 is 56.3 Å². The second-order valence-corrected chi connectivity index (χ2v) is 19.7. The number of nitrogens with zero attached hydrogens (tertiary/aromatic N) is 6. The number of nitrogens with two attached hydrogens (primary N) is 1. The van der Waals surface area contributed by atoms with Crippen molar-refractivity contribution in [3.63, 3.8) is 0 Å². The molecule has 2 bridgehead atoms. The largest absolute Gasteiger partial charge is 0.482 e. The first-order chi connectivity index (χ1) is 35.3. The van der Waals surface area contributed by atoms with Crippen molar-refractivity contribution in [2.45, 2.75) is 110 Å². The second-order valence-electron chi connectivity index (χ2n) is 19.7. The number of fused-ring (bicyclic) bond motifs is 5. The molecule has 0 spiro atoms. The zero-order valence-corrected chi connectivity index (χ0v) is 43.6. The first-order valence-corrected chi connectivity index (χ1v) is 25.1. The van der Waals surface area contributed by atoms with Crippen LogP contribution in [0.25, 0.3) is 11.1 Å². The normalized spacial score (nSPS) is 17.8. The number of hydrogen-bond acceptors (Lipinski definition) is 14. The number of anilines is 1. The molecule has 20 nitrogen and oxygen atoms in total. The topological polar surface area (TPSA) is 260 Å². The summed E-state index contributed by atoms with van der Waals surface area (Å²) in [6.45, 7) is 13.0. The molecule has 1 saturated heterocycles. The van der Waals surface area contributed by atoms with Crippen molar-refractivity contribution in [1.29, 1.82) is 5.26 Å². The molecular weight excluding hydrogens is 952 g/mol. The molecule has 21 heteroatoms. The number of nitrogen functional groups attached to an aromatic ring is 1.